The van der Waals surface area contributed by atoms with E-state index < -0.39 is 11.6 Å². The number of aromatic hydroxyl groups is 1. The Kier molecular flexibility index (Phi) is 3.74. The van der Waals surface area contributed by atoms with Crippen LogP contribution in [-0.2, 0) is 0 Å². The predicted octanol–water partition coefficient (Wildman–Crippen LogP) is 2.23. The summed E-state index contributed by atoms with van der Waals surface area (Å²) in [5.74, 6) is -0.891. The van der Waals surface area contributed by atoms with Gasteiger partial charge in [0, 0.05) is 11.6 Å². The van der Waals surface area contributed by atoms with Crippen molar-refractivity contribution < 1.29 is 9.50 Å². The van der Waals surface area contributed by atoms with Crippen LogP contribution in [-0.4, -0.2) is 5.11 Å². The standard InChI is InChI=1S/C11H11FN2O.ClH/c12-9-4-6(5-13)3-8(11(9)15)10(14)7-1-2-7;/h3-4,7,10,15H,1-2,14H2;1H/t10-;/m0./s1. The Labute approximate surface area is 99.1 Å². The highest BCUT2D eigenvalue weighted by molar-refractivity contribution is 5.85. The van der Waals surface area contributed by atoms with Gasteiger partial charge in [-0.1, -0.05) is 0 Å². The second-order valence-corrected chi connectivity index (χ2v) is 3.87. The van der Waals surface area contributed by atoms with Crippen LogP contribution in [0, 0.1) is 23.1 Å². The first-order chi connectivity index (χ1) is 7.13. The van der Waals surface area contributed by atoms with E-state index in [1.807, 2.05) is 6.07 Å². The third-order valence-electron chi connectivity index (χ3n) is 2.71. The van der Waals surface area contributed by atoms with Crippen LogP contribution in [0.3, 0.4) is 0 Å². The van der Waals surface area contributed by atoms with Crippen molar-refractivity contribution in [1.82, 2.24) is 0 Å². The molecule has 1 aliphatic rings. The minimum absolute atomic E-state index is 0. The highest BCUT2D eigenvalue weighted by Crippen LogP contribution is 2.42. The van der Waals surface area contributed by atoms with E-state index in [0.717, 1.165) is 18.9 Å². The zero-order chi connectivity index (χ0) is 11.0. The molecule has 0 bridgehead atoms. The fourth-order valence-electron chi connectivity index (χ4n) is 1.65. The molecular weight excluding hydrogens is 231 g/mol. The summed E-state index contributed by atoms with van der Waals surface area (Å²) >= 11 is 0. The molecule has 0 aliphatic heterocycles. The highest BCUT2D eigenvalue weighted by Gasteiger charge is 2.31. The molecule has 0 amide bonds. The first-order valence-corrected chi connectivity index (χ1v) is 4.81. The molecule has 1 fully saturated rings. The maximum atomic E-state index is 13.2. The van der Waals surface area contributed by atoms with Crippen LogP contribution < -0.4 is 5.73 Å². The smallest absolute Gasteiger partial charge is 0.166 e. The van der Waals surface area contributed by atoms with E-state index in [-0.39, 0.29) is 24.0 Å². The van der Waals surface area contributed by atoms with Gasteiger partial charge in [0.05, 0.1) is 11.6 Å². The van der Waals surface area contributed by atoms with E-state index in [0.29, 0.717) is 11.5 Å². The van der Waals surface area contributed by atoms with E-state index in [4.69, 9.17) is 11.0 Å². The Morgan fingerprint density at radius 1 is 1.50 bits per heavy atom. The molecule has 5 heteroatoms. The summed E-state index contributed by atoms with van der Waals surface area (Å²) in [6.07, 6.45) is 2.00. The number of nitriles is 1. The lowest BCUT2D eigenvalue weighted by Gasteiger charge is -2.13. The minimum Gasteiger partial charge on any atom is -0.505 e. The van der Waals surface area contributed by atoms with Gasteiger partial charge in [-0.05, 0) is 30.9 Å². The Balaban J connectivity index is 0.00000128. The van der Waals surface area contributed by atoms with Crippen molar-refractivity contribution in [3.63, 3.8) is 0 Å². The summed E-state index contributed by atoms with van der Waals surface area (Å²) in [5.41, 5.74) is 6.39. The van der Waals surface area contributed by atoms with E-state index in [2.05, 4.69) is 0 Å². The average molecular weight is 243 g/mol. The molecule has 1 aromatic carbocycles. The van der Waals surface area contributed by atoms with Crippen molar-refractivity contribution in [2.24, 2.45) is 11.7 Å². The Bertz CT molecular complexity index is 440. The van der Waals surface area contributed by atoms with Gasteiger partial charge in [0.25, 0.3) is 0 Å². The molecular formula is C11H12ClFN2O. The number of rotatable bonds is 2. The van der Waals surface area contributed by atoms with Crippen LogP contribution in [0.5, 0.6) is 5.75 Å². The van der Waals surface area contributed by atoms with E-state index in [9.17, 15) is 9.50 Å². The fraction of sp³-hybridized carbons (Fsp3) is 0.364. The third kappa shape index (κ3) is 2.26. The quantitative estimate of drug-likeness (QED) is 0.836. The van der Waals surface area contributed by atoms with Gasteiger partial charge in [0.1, 0.15) is 0 Å². The summed E-state index contributed by atoms with van der Waals surface area (Å²) in [6.45, 7) is 0. The number of halogens is 2. The fourth-order valence-corrected chi connectivity index (χ4v) is 1.65. The van der Waals surface area contributed by atoms with Gasteiger partial charge >= 0.3 is 0 Å². The second kappa shape index (κ2) is 4.69. The lowest BCUT2D eigenvalue weighted by Crippen LogP contribution is -2.13. The van der Waals surface area contributed by atoms with Gasteiger partial charge in [-0.3, -0.25) is 0 Å². The van der Waals surface area contributed by atoms with Crippen molar-refractivity contribution in [3.05, 3.63) is 29.1 Å². The monoisotopic (exact) mass is 242 g/mol. The molecule has 1 aliphatic carbocycles. The van der Waals surface area contributed by atoms with Crippen molar-refractivity contribution in [3.8, 4) is 11.8 Å². The van der Waals surface area contributed by atoms with E-state index in [1.165, 1.54) is 6.07 Å². The van der Waals surface area contributed by atoms with Crippen molar-refractivity contribution in [2.75, 3.05) is 0 Å². The van der Waals surface area contributed by atoms with Crippen LogP contribution in [0.4, 0.5) is 4.39 Å². The normalized spacial score (nSPS) is 16.1. The van der Waals surface area contributed by atoms with Gasteiger partial charge in [-0.15, -0.1) is 12.4 Å². The molecule has 2 rings (SSSR count). The zero-order valence-electron chi connectivity index (χ0n) is 8.48. The van der Waals surface area contributed by atoms with Gasteiger partial charge in [0.2, 0.25) is 0 Å². The topological polar surface area (TPSA) is 70.0 Å². The molecule has 0 heterocycles. The number of benzene rings is 1. The molecule has 1 aromatic rings. The maximum Gasteiger partial charge on any atom is 0.166 e. The number of nitrogens with two attached hydrogens (primary N) is 1. The molecule has 0 unspecified atom stereocenters. The zero-order valence-corrected chi connectivity index (χ0v) is 9.30. The van der Waals surface area contributed by atoms with Gasteiger partial charge in [0.15, 0.2) is 11.6 Å². The molecule has 16 heavy (non-hydrogen) atoms. The maximum absolute atomic E-state index is 13.2. The van der Waals surface area contributed by atoms with Crippen molar-refractivity contribution in [2.45, 2.75) is 18.9 Å². The van der Waals surface area contributed by atoms with Crippen LogP contribution in [0.15, 0.2) is 12.1 Å². The molecule has 0 spiro atoms. The summed E-state index contributed by atoms with van der Waals surface area (Å²) < 4.78 is 13.2. The van der Waals surface area contributed by atoms with Gasteiger partial charge in [-0.2, -0.15) is 5.26 Å². The lowest BCUT2D eigenvalue weighted by atomic mass is 10.00. The second-order valence-electron chi connectivity index (χ2n) is 3.87. The van der Waals surface area contributed by atoms with Gasteiger partial charge < -0.3 is 10.8 Å². The Morgan fingerprint density at radius 3 is 2.62 bits per heavy atom. The summed E-state index contributed by atoms with van der Waals surface area (Å²) in [5, 5.41) is 18.2. The van der Waals surface area contributed by atoms with Crippen LogP contribution in [0.25, 0.3) is 0 Å². The average Bonchev–Trinajstić information content (AvgIpc) is 3.04. The Morgan fingerprint density at radius 2 is 2.12 bits per heavy atom. The first-order valence-electron chi connectivity index (χ1n) is 4.81. The number of phenolic OH excluding ortho intramolecular Hbond substituents is 1. The third-order valence-corrected chi connectivity index (χ3v) is 2.71. The number of hydrogen-bond acceptors (Lipinski definition) is 3. The summed E-state index contributed by atoms with van der Waals surface area (Å²) in [4.78, 5) is 0. The first kappa shape index (κ1) is 12.8. The van der Waals surface area contributed by atoms with Crippen LogP contribution in [0.1, 0.15) is 30.0 Å². The van der Waals surface area contributed by atoms with Crippen LogP contribution >= 0.6 is 12.4 Å². The van der Waals surface area contributed by atoms with Crippen LogP contribution in [0.2, 0.25) is 0 Å². The molecule has 0 aromatic heterocycles. The number of phenols is 1. The minimum atomic E-state index is -0.778. The van der Waals surface area contributed by atoms with E-state index >= 15 is 0 Å². The molecule has 1 atom stereocenters. The van der Waals surface area contributed by atoms with Crippen molar-refractivity contribution >= 4 is 12.4 Å². The largest absolute Gasteiger partial charge is 0.505 e. The number of nitrogens with zero attached hydrogens (tertiary/aromatic N) is 1. The summed E-state index contributed by atoms with van der Waals surface area (Å²) in [6, 6.07) is 3.95. The van der Waals surface area contributed by atoms with Crippen molar-refractivity contribution in [1.29, 1.82) is 5.26 Å². The molecule has 3 nitrogen and oxygen atoms in total. The SMILES string of the molecule is Cl.N#Cc1cc(F)c(O)c([C@@H](N)C2CC2)c1. The lowest BCUT2D eigenvalue weighted by molar-refractivity contribution is 0.416. The predicted molar refractivity (Wildman–Crippen MR) is 59.7 cm³/mol. The summed E-state index contributed by atoms with van der Waals surface area (Å²) in [7, 11) is 0. The molecule has 3 N–H and O–H groups in total. The van der Waals surface area contributed by atoms with E-state index in [1.54, 1.807) is 0 Å². The molecule has 1 saturated carbocycles. The molecule has 0 saturated heterocycles. The molecule has 86 valence electrons. The highest BCUT2D eigenvalue weighted by atomic mass is 35.5. The Hall–Kier alpha value is -1.31. The molecule has 0 radical (unpaired) electrons. The van der Waals surface area contributed by atoms with Gasteiger partial charge in [-0.25, -0.2) is 4.39 Å². The number of hydrogen-bond donors (Lipinski definition) is 2.